The molecule has 0 radical (unpaired) electrons. The first-order valence-electron chi connectivity index (χ1n) is 4.90. The van der Waals surface area contributed by atoms with Crippen LogP contribution in [-0.2, 0) is 9.47 Å². The zero-order chi connectivity index (χ0) is 9.36. The Morgan fingerprint density at radius 3 is 2.92 bits per heavy atom. The van der Waals surface area contributed by atoms with Gasteiger partial charge >= 0.3 is 0 Å². The molecule has 0 spiro atoms. The predicted molar refractivity (Wildman–Crippen MR) is 52.8 cm³/mol. The van der Waals surface area contributed by atoms with Gasteiger partial charge in [0.1, 0.15) is 0 Å². The Hall–Kier alpha value is -0.380. The van der Waals surface area contributed by atoms with Gasteiger partial charge in [-0.15, -0.1) is 6.58 Å². The van der Waals surface area contributed by atoms with Crippen LogP contribution in [-0.4, -0.2) is 39.5 Å². The van der Waals surface area contributed by atoms with Crippen LogP contribution in [0.4, 0.5) is 0 Å². The molecule has 1 saturated heterocycles. The SMILES string of the molecule is C=CCOCCOC[C@H]1CCNC1. The maximum Gasteiger partial charge on any atom is 0.0704 e. The van der Waals surface area contributed by atoms with E-state index in [-0.39, 0.29) is 0 Å². The van der Waals surface area contributed by atoms with E-state index in [1.54, 1.807) is 6.08 Å². The lowest BCUT2D eigenvalue weighted by atomic mass is 10.1. The van der Waals surface area contributed by atoms with Crippen LogP contribution in [0.2, 0.25) is 0 Å². The Bertz CT molecular complexity index is 133. The largest absolute Gasteiger partial charge is 0.379 e. The summed E-state index contributed by atoms with van der Waals surface area (Å²) in [6.07, 6.45) is 2.99. The summed E-state index contributed by atoms with van der Waals surface area (Å²) in [5.74, 6) is 0.708. The van der Waals surface area contributed by atoms with E-state index in [4.69, 9.17) is 9.47 Å². The number of nitrogens with one attached hydrogen (secondary N) is 1. The summed E-state index contributed by atoms with van der Waals surface area (Å²) in [5, 5.41) is 3.31. The van der Waals surface area contributed by atoms with Gasteiger partial charge in [-0.25, -0.2) is 0 Å². The first-order valence-corrected chi connectivity index (χ1v) is 4.90. The molecule has 1 fully saturated rings. The van der Waals surface area contributed by atoms with Crippen molar-refractivity contribution in [2.45, 2.75) is 6.42 Å². The van der Waals surface area contributed by atoms with Crippen molar-refractivity contribution in [3.63, 3.8) is 0 Å². The van der Waals surface area contributed by atoms with Gasteiger partial charge in [0.25, 0.3) is 0 Å². The van der Waals surface area contributed by atoms with Gasteiger partial charge in [-0.1, -0.05) is 6.08 Å². The molecule has 0 amide bonds. The highest BCUT2D eigenvalue weighted by Gasteiger charge is 2.13. The number of hydrogen-bond acceptors (Lipinski definition) is 3. The van der Waals surface area contributed by atoms with Crippen molar-refractivity contribution in [1.82, 2.24) is 5.32 Å². The van der Waals surface area contributed by atoms with Crippen molar-refractivity contribution >= 4 is 0 Å². The lowest BCUT2D eigenvalue weighted by Gasteiger charge is -2.08. The lowest BCUT2D eigenvalue weighted by molar-refractivity contribution is 0.0447. The van der Waals surface area contributed by atoms with E-state index in [1.807, 2.05) is 0 Å². The van der Waals surface area contributed by atoms with E-state index in [2.05, 4.69) is 11.9 Å². The van der Waals surface area contributed by atoms with Gasteiger partial charge in [-0.3, -0.25) is 0 Å². The zero-order valence-electron chi connectivity index (χ0n) is 8.13. The molecule has 0 bridgehead atoms. The van der Waals surface area contributed by atoms with Gasteiger partial charge in [0.2, 0.25) is 0 Å². The molecule has 1 atom stereocenters. The molecule has 0 aromatic heterocycles. The van der Waals surface area contributed by atoms with Crippen LogP contribution < -0.4 is 5.32 Å². The van der Waals surface area contributed by atoms with Gasteiger partial charge in [-0.2, -0.15) is 0 Å². The molecule has 13 heavy (non-hydrogen) atoms. The summed E-state index contributed by atoms with van der Waals surface area (Å²) in [5.41, 5.74) is 0. The van der Waals surface area contributed by atoms with Crippen molar-refractivity contribution in [2.24, 2.45) is 5.92 Å². The molecule has 0 unspecified atom stereocenters. The fraction of sp³-hybridized carbons (Fsp3) is 0.800. The van der Waals surface area contributed by atoms with E-state index in [1.165, 1.54) is 6.42 Å². The van der Waals surface area contributed by atoms with Crippen molar-refractivity contribution in [2.75, 3.05) is 39.5 Å². The monoisotopic (exact) mass is 185 g/mol. The molecule has 3 nitrogen and oxygen atoms in total. The van der Waals surface area contributed by atoms with Crippen molar-refractivity contribution in [1.29, 1.82) is 0 Å². The number of rotatable bonds is 7. The highest BCUT2D eigenvalue weighted by Crippen LogP contribution is 2.06. The summed E-state index contributed by atoms with van der Waals surface area (Å²) < 4.78 is 10.7. The zero-order valence-corrected chi connectivity index (χ0v) is 8.13. The smallest absolute Gasteiger partial charge is 0.0704 e. The molecule has 76 valence electrons. The second kappa shape index (κ2) is 7.06. The van der Waals surface area contributed by atoms with Gasteiger partial charge < -0.3 is 14.8 Å². The Morgan fingerprint density at radius 2 is 2.23 bits per heavy atom. The van der Waals surface area contributed by atoms with Gasteiger partial charge in [0.15, 0.2) is 0 Å². The Kier molecular flexibility index (Phi) is 5.81. The van der Waals surface area contributed by atoms with Crippen LogP contribution in [0.1, 0.15) is 6.42 Å². The summed E-state index contributed by atoms with van der Waals surface area (Å²) in [6, 6.07) is 0. The van der Waals surface area contributed by atoms with Crippen LogP contribution in [0, 0.1) is 5.92 Å². The highest BCUT2D eigenvalue weighted by molar-refractivity contribution is 4.70. The summed E-state index contributed by atoms with van der Waals surface area (Å²) in [4.78, 5) is 0. The minimum atomic E-state index is 0.619. The van der Waals surface area contributed by atoms with Crippen molar-refractivity contribution in [3.05, 3.63) is 12.7 Å². The maximum absolute atomic E-state index is 5.46. The minimum absolute atomic E-state index is 0.619. The Balaban J connectivity index is 1.80. The fourth-order valence-electron chi connectivity index (χ4n) is 1.39. The maximum atomic E-state index is 5.46. The quantitative estimate of drug-likeness (QED) is 0.470. The Labute approximate surface area is 80.1 Å². The average molecular weight is 185 g/mol. The molecule has 1 N–H and O–H groups in total. The molecule has 1 aliphatic heterocycles. The fourth-order valence-corrected chi connectivity index (χ4v) is 1.39. The van der Waals surface area contributed by atoms with Crippen LogP contribution in [0.3, 0.4) is 0 Å². The van der Waals surface area contributed by atoms with Crippen LogP contribution in [0.25, 0.3) is 0 Å². The topological polar surface area (TPSA) is 30.5 Å². The van der Waals surface area contributed by atoms with Crippen LogP contribution in [0.5, 0.6) is 0 Å². The average Bonchev–Trinajstić information content (AvgIpc) is 2.63. The summed E-state index contributed by atoms with van der Waals surface area (Å²) in [7, 11) is 0. The summed E-state index contributed by atoms with van der Waals surface area (Å²) >= 11 is 0. The van der Waals surface area contributed by atoms with Crippen molar-refractivity contribution < 1.29 is 9.47 Å². The van der Waals surface area contributed by atoms with E-state index in [0.29, 0.717) is 25.7 Å². The molecular formula is C10H19NO2. The molecular weight excluding hydrogens is 166 g/mol. The van der Waals surface area contributed by atoms with E-state index in [9.17, 15) is 0 Å². The van der Waals surface area contributed by atoms with Gasteiger partial charge in [0, 0.05) is 6.54 Å². The third-order valence-corrected chi connectivity index (χ3v) is 2.12. The third-order valence-electron chi connectivity index (χ3n) is 2.12. The van der Waals surface area contributed by atoms with E-state index < -0.39 is 0 Å². The van der Waals surface area contributed by atoms with Crippen molar-refractivity contribution in [3.8, 4) is 0 Å². The predicted octanol–water partition coefficient (Wildman–Crippen LogP) is 0.815. The standard InChI is InChI=1S/C10H19NO2/c1-2-5-12-6-7-13-9-10-3-4-11-8-10/h2,10-11H,1,3-9H2/t10-/m0/s1. The number of ether oxygens (including phenoxy) is 2. The van der Waals surface area contributed by atoms with Gasteiger partial charge in [-0.05, 0) is 18.9 Å². The highest BCUT2D eigenvalue weighted by atomic mass is 16.5. The van der Waals surface area contributed by atoms with Crippen LogP contribution >= 0.6 is 0 Å². The first kappa shape index (κ1) is 10.7. The first-order chi connectivity index (χ1) is 6.43. The second-order valence-electron chi connectivity index (χ2n) is 3.30. The molecule has 0 aromatic rings. The van der Waals surface area contributed by atoms with E-state index >= 15 is 0 Å². The molecule has 0 saturated carbocycles. The molecule has 1 rings (SSSR count). The second-order valence-corrected chi connectivity index (χ2v) is 3.30. The number of hydrogen-bond donors (Lipinski definition) is 1. The minimum Gasteiger partial charge on any atom is -0.379 e. The van der Waals surface area contributed by atoms with Crippen LogP contribution in [0.15, 0.2) is 12.7 Å². The molecule has 0 aliphatic carbocycles. The third kappa shape index (κ3) is 5.03. The molecule has 1 aliphatic rings. The Morgan fingerprint density at radius 1 is 1.38 bits per heavy atom. The summed E-state index contributed by atoms with van der Waals surface area (Å²) in [6.45, 7) is 8.67. The lowest BCUT2D eigenvalue weighted by Crippen LogP contribution is -2.15. The molecule has 1 heterocycles. The normalized spacial score (nSPS) is 22.0. The van der Waals surface area contributed by atoms with Gasteiger partial charge in [0.05, 0.1) is 26.4 Å². The molecule has 3 heteroatoms. The molecule has 0 aromatic carbocycles. The van der Waals surface area contributed by atoms with E-state index in [0.717, 1.165) is 19.7 Å².